The minimum atomic E-state index is 0.0895. The number of benzene rings is 1. The fraction of sp³-hybridized carbons (Fsp3) is 0.480. The third kappa shape index (κ3) is 4.87. The molecule has 34 heavy (non-hydrogen) atoms. The Kier molecular flexibility index (Phi) is 6.94. The van der Waals surface area contributed by atoms with E-state index in [2.05, 4.69) is 32.3 Å². The standard InChI is InChI=1S/C25H31N5O3S/c1-17-21-23(26-14-20-7-4-12-33-20)27-16-28-24(21)34-22(17)25(31)30-10-8-29(9-11-30)15-18-5-3-6-19(13-18)32-2/h3,5-6,13,16,20H,4,7-12,14-15H2,1-2H3,(H,26,27,28). The summed E-state index contributed by atoms with van der Waals surface area (Å²) in [6.07, 6.45) is 3.96. The number of nitrogens with zero attached hydrogens (tertiary/aromatic N) is 4. The summed E-state index contributed by atoms with van der Waals surface area (Å²) in [6, 6.07) is 8.17. The van der Waals surface area contributed by atoms with E-state index in [0.717, 1.165) is 77.9 Å². The lowest BCUT2D eigenvalue weighted by Gasteiger charge is -2.34. The second-order valence-corrected chi connectivity index (χ2v) is 9.89. The Morgan fingerprint density at radius 3 is 2.88 bits per heavy atom. The third-order valence-corrected chi connectivity index (χ3v) is 7.83. The highest BCUT2D eigenvalue weighted by Gasteiger charge is 2.27. The monoisotopic (exact) mass is 481 g/mol. The van der Waals surface area contributed by atoms with Crippen molar-refractivity contribution in [3.8, 4) is 5.75 Å². The first-order chi connectivity index (χ1) is 16.6. The molecule has 180 valence electrons. The Labute approximate surface area is 203 Å². The predicted octanol–water partition coefficient (Wildman–Crippen LogP) is 3.56. The molecule has 2 aliphatic heterocycles. The van der Waals surface area contributed by atoms with Crippen molar-refractivity contribution < 1.29 is 14.3 Å². The molecule has 2 saturated heterocycles. The van der Waals surface area contributed by atoms with Gasteiger partial charge in [0.1, 0.15) is 22.7 Å². The van der Waals surface area contributed by atoms with Gasteiger partial charge in [-0.15, -0.1) is 11.3 Å². The third-order valence-electron chi connectivity index (χ3n) is 6.64. The van der Waals surface area contributed by atoms with Crippen LogP contribution in [0, 0.1) is 6.92 Å². The van der Waals surface area contributed by atoms with Crippen LogP contribution in [-0.2, 0) is 11.3 Å². The van der Waals surface area contributed by atoms with Gasteiger partial charge in [-0.05, 0) is 43.0 Å². The Hall–Kier alpha value is -2.75. The zero-order valence-corrected chi connectivity index (χ0v) is 20.6. The zero-order chi connectivity index (χ0) is 23.5. The van der Waals surface area contributed by atoms with Crippen molar-refractivity contribution in [2.45, 2.75) is 32.4 Å². The number of amides is 1. The van der Waals surface area contributed by atoms with E-state index in [1.165, 1.54) is 16.9 Å². The summed E-state index contributed by atoms with van der Waals surface area (Å²) in [7, 11) is 1.69. The van der Waals surface area contributed by atoms with Crippen molar-refractivity contribution >= 4 is 33.3 Å². The molecule has 0 bridgehead atoms. The van der Waals surface area contributed by atoms with E-state index in [1.54, 1.807) is 13.4 Å². The van der Waals surface area contributed by atoms with Gasteiger partial charge in [0.25, 0.3) is 5.91 Å². The largest absolute Gasteiger partial charge is 0.497 e. The molecule has 0 spiro atoms. The molecule has 1 amide bonds. The maximum Gasteiger partial charge on any atom is 0.264 e. The minimum absolute atomic E-state index is 0.0895. The normalized spacial score (nSPS) is 19.0. The molecule has 9 heteroatoms. The number of carbonyl (C=O) groups excluding carboxylic acids is 1. The van der Waals surface area contributed by atoms with Crippen LogP contribution in [0.3, 0.4) is 0 Å². The van der Waals surface area contributed by atoms with Crippen LogP contribution in [0.15, 0.2) is 30.6 Å². The summed E-state index contributed by atoms with van der Waals surface area (Å²) in [5.41, 5.74) is 2.18. The number of rotatable bonds is 7. The number of hydrogen-bond donors (Lipinski definition) is 1. The van der Waals surface area contributed by atoms with Crippen LogP contribution in [0.4, 0.5) is 5.82 Å². The summed E-state index contributed by atoms with van der Waals surface area (Å²) >= 11 is 1.46. The number of methoxy groups -OCH3 is 1. The van der Waals surface area contributed by atoms with Gasteiger partial charge in [0.15, 0.2) is 0 Å². The molecule has 5 rings (SSSR count). The second-order valence-electron chi connectivity index (χ2n) is 8.89. The van der Waals surface area contributed by atoms with Crippen LogP contribution >= 0.6 is 11.3 Å². The number of thiophene rings is 1. The number of hydrogen-bond acceptors (Lipinski definition) is 8. The van der Waals surface area contributed by atoms with Gasteiger partial charge in [-0.2, -0.15) is 0 Å². The van der Waals surface area contributed by atoms with Crippen LogP contribution in [0.1, 0.15) is 33.6 Å². The molecule has 1 aromatic carbocycles. The molecule has 0 aliphatic carbocycles. The molecule has 1 unspecified atom stereocenters. The van der Waals surface area contributed by atoms with Crippen LogP contribution in [0.2, 0.25) is 0 Å². The number of carbonyl (C=O) groups is 1. The lowest BCUT2D eigenvalue weighted by atomic mass is 10.1. The van der Waals surface area contributed by atoms with Crippen LogP contribution < -0.4 is 10.1 Å². The summed E-state index contributed by atoms with van der Waals surface area (Å²) < 4.78 is 11.1. The van der Waals surface area contributed by atoms with Crippen LogP contribution in [0.25, 0.3) is 10.2 Å². The smallest absolute Gasteiger partial charge is 0.264 e. The molecule has 8 nitrogen and oxygen atoms in total. The van der Waals surface area contributed by atoms with E-state index in [0.29, 0.717) is 13.1 Å². The van der Waals surface area contributed by atoms with Crippen molar-refractivity contribution in [1.29, 1.82) is 0 Å². The molecule has 2 aliphatic rings. The molecule has 0 saturated carbocycles. The molecule has 2 fully saturated rings. The number of piperazine rings is 1. The van der Waals surface area contributed by atoms with E-state index in [1.807, 2.05) is 24.0 Å². The van der Waals surface area contributed by atoms with E-state index in [-0.39, 0.29) is 12.0 Å². The molecular formula is C25H31N5O3S. The maximum absolute atomic E-state index is 13.4. The number of aryl methyl sites for hydroxylation is 1. The SMILES string of the molecule is COc1cccc(CN2CCN(C(=O)c3sc4ncnc(NCC5CCCO5)c4c3C)CC2)c1. The number of nitrogens with one attached hydrogen (secondary N) is 1. The zero-order valence-electron chi connectivity index (χ0n) is 19.7. The molecular weight excluding hydrogens is 450 g/mol. The average Bonchev–Trinajstić information content (AvgIpc) is 3.51. The van der Waals surface area contributed by atoms with E-state index < -0.39 is 0 Å². The number of ether oxygens (including phenoxy) is 2. The van der Waals surface area contributed by atoms with Gasteiger partial charge < -0.3 is 19.7 Å². The second kappa shape index (κ2) is 10.2. The van der Waals surface area contributed by atoms with Crippen molar-refractivity contribution in [3.05, 3.63) is 46.6 Å². The van der Waals surface area contributed by atoms with Gasteiger partial charge in [0.05, 0.1) is 23.5 Å². The van der Waals surface area contributed by atoms with Gasteiger partial charge in [-0.1, -0.05) is 12.1 Å². The lowest BCUT2D eigenvalue weighted by Crippen LogP contribution is -2.48. The lowest BCUT2D eigenvalue weighted by molar-refractivity contribution is 0.0632. The maximum atomic E-state index is 13.4. The van der Waals surface area contributed by atoms with Crippen molar-refractivity contribution in [3.63, 3.8) is 0 Å². The topological polar surface area (TPSA) is 79.8 Å². The molecule has 2 aromatic heterocycles. The van der Waals surface area contributed by atoms with Gasteiger partial charge in [-0.3, -0.25) is 9.69 Å². The van der Waals surface area contributed by atoms with E-state index in [4.69, 9.17) is 9.47 Å². The first-order valence-corrected chi connectivity index (χ1v) is 12.7. The average molecular weight is 482 g/mol. The van der Waals surface area contributed by atoms with Gasteiger partial charge in [0.2, 0.25) is 0 Å². The molecule has 3 aromatic rings. The summed E-state index contributed by atoms with van der Waals surface area (Å²) in [5, 5.41) is 4.38. The van der Waals surface area contributed by atoms with Gasteiger partial charge in [-0.25, -0.2) is 9.97 Å². The summed E-state index contributed by atoms with van der Waals surface area (Å²) in [5.74, 6) is 1.75. The first kappa shape index (κ1) is 23.0. The fourth-order valence-electron chi connectivity index (χ4n) is 4.71. The number of fused-ring (bicyclic) bond motifs is 1. The summed E-state index contributed by atoms with van der Waals surface area (Å²) in [4.78, 5) is 28.3. The van der Waals surface area contributed by atoms with E-state index >= 15 is 0 Å². The highest BCUT2D eigenvalue weighted by Crippen LogP contribution is 2.34. The highest BCUT2D eigenvalue weighted by molar-refractivity contribution is 7.20. The summed E-state index contributed by atoms with van der Waals surface area (Å²) in [6.45, 7) is 7.54. The fourth-order valence-corrected chi connectivity index (χ4v) is 5.82. The number of aromatic nitrogens is 2. The van der Waals surface area contributed by atoms with Crippen molar-refractivity contribution in [2.24, 2.45) is 0 Å². The number of anilines is 1. The molecule has 0 radical (unpaired) electrons. The minimum Gasteiger partial charge on any atom is -0.497 e. The van der Waals surface area contributed by atoms with Crippen molar-refractivity contribution in [1.82, 2.24) is 19.8 Å². The predicted molar refractivity (Wildman–Crippen MR) is 134 cm³/mol. The Morgan fingerprint density at radius 2 is 2.12 bits per heavy atom. The highest BCUT2D eigenvalue weighted by atomic mass is 32.1. The Bertz CT molecular complexity index is 1150. The Balaban J connectivity index is 1.24. The Morgan fingerprint density at radius 1 is 1.26 bits per heavy atom. The van der Waals surface area contributed by atoms with Crippen LogP contribution in [0.5, 0.6) is 5.75 Å². The van der Waals surface area contributed by atoms with Crippen molar-refractivity contribution in [2.75, 3.05) is 51.8 Å². The van der Waals surface area contributed by atoms with E-state index in [9.17, 15) is 4.79 Å². The quantitative estimate of drug-likeness (QED) is 0.553. The van der Waals surface area contributed by atoms with Crippen LogP contribution in [-0.4, -0.2) is 78.2 Å². The molecule has 1 atom stereocenters. The first-order valence-electron chi connectivity index (χ1n) is 11.9. The van der Waals surface area contributed by atoms with Gasteiger partial charge >= 0.3 is 0 Å². The van der Waals surface area contributed by atoms with Gasteiger partial charge in [0, 0.05) is 45.9 Å². The molecule has 1 N–H and O–H groups in total. The molecule has 4 heterocycles.